The molecule has 0 bridgehead atoms. The van der Waals surface area contributed by atoms with Crippen molar-refractivity contribution in [1.82, 2.24) is 9.88 Å². The van der Waals surface area contributed by atoms with Crippen molar-refractivity contribution < 1.29 is 19.8 Å². The van der Waals surface area contributed by atoms with Crippen molar-refractivity contribution in [2.45, 2.75) is 25.8 Å². The largest absolute Gasteiger partial charge is 0.505 e. The Morgan fingerprint density at radius 3 is 2.56 bits per heavy atom. The van der Waals surface area contributed by atoms with E-state index in [-0.39, 0.29) is 17.9 Å². The summed E-state index contributed by atoms with van der Waals surface area (Å²) in [7, 11) is 1.48. The van der Waals surface area contributed by atoms with E-state index in [1.807, 2.05) is 49.4 Å². The van der Waals surface area contributed by atoms with Gasteiger partial charge in [0.05, 0.1) is 12.5 Å². The Balaban J connectivity index is 1.82. The second kappa shape index (κ2) is 9.82. The minimum absolute atomic E-state index is 0.283. The van der Waals surface area contributed by atoms with E-state index < -0.39 is 23.6 Å². The Bertz CT molecular complexity index is 1200. The fraction of sp³-hybridized carbons (Fsp3) is 0.208. The number of benzene rings is 2. The number of amides is 2. The number of carboxylic acid groups (broad SMARTS) is 1. The highest BCUT2D eigenvalue weighted by atomic mass is 16.4. The van der Waals surface area contributed by atoms with Crippen LogP contribution in [0.5, 0.6) is 5.75 Å². The number of nitrogens with one attached hydrogen (secondary N) is 2. The van der Waals surface area contributed by atoms with Gasteiger partial charge >= 0.3 is 12.0 Å². The number of pyridine rings is 1. The smallest absolute Gasteiger partial charge is 0.319 e. The van der Waals surface area contributed by atoms with E-state index in [1.54, 1.807) is 6.07 Å². The molecule has 0 fully saturated rings. The van der Waals surface area contributed by atoms with Crippen molar-refractivity contribution in [3.05, 3.63) is 93.4 Å². The maximum atomic E-state index is 12.5. The molecule has 0 saturated carbocycles. The summed E-state index contributed by atoms with van der Waals surface area (Å²) in [4.78, 5) is 36.1. The number of carboxylic acids is 1. The Hall–Kier alpha value is -4.07. The number of hydrogen-bond acceptors (Lipinski definition) is 4. The molecular formula is C24H25N3O5. The van der Waals surface area contributed by atoms with Crippen LogP contribution < -0.4 is 16.2 Å². The van der Waals surface area contributed by atoms with Crippen LogP contribution in [0.25, 0.3) is 0 Å². The number of aryl methyl sites for hydroxylation is 2. The molecule has 8 nitrogen and oxygen atoms in total. The predicted molar refractivity (Wildman–Crippen MR) is 121 cm³/mol. The number of nitrogens with zero attached hydrogens (tertiary/aromatic N) is 1. The van der Waals surface area contributed by atoms with Crippen LogP contribution in [0.3, 0.4) is 0 Å². The molecule has 3 aromatic rings. The number of anilines is 1. The third-order valence-corrected chi connectivity index (χ3v) is 5.18. The van der Waals surface area contributed by atoms with Crippen molar-refractivity contribution >= 4 is 17.7 Å². The second-order valence-electron chi connectivity index (χ2n) is 7.59. The molecule has 0 aliphatic carbocycles. The molecule has 0 radical (unpaired) electrons. The highest BCUT2D eigenvalue weighted by Gasteiger charge is 2.20. The van der Waals surface area contributed by atoms with Gasteiger partial charge in [0.2, 0.25) is 0 Å². The summed E-state index contributed by atoms with van der Waals surface area (Å²) >= 11 is 0. The number of rotatable bonds is 7. The molecule has 1 heterocycles. The summed E-state index contributed by atoms with van der Waals surface area (Å²) in [5, 5.41) is 24.2. The zero-order valence-corrected chi connectivity index (χ0v) is 17.8. The molecule has 0 aliphatic rings. The Kier molecular flexibility index (Phi) is 6.94. The van der Waals surface area contributed by atoms with E-state index in [0.717, 1.165) is 16.7 Å². The van der Waals surface area contributed by atoms with E-state index in [0.29, 0.717) is 12.0 Å². The van der Waals surface area contributed by atoms with Crippen molar-refractivity contribution in [2.24, 2.45) is 7.05 Å². The first kappa shape index (κ1) is 22.6. The summed E-state index contributed by atoms with van der Waals surface area (Å²) in [5.74, 6) is -1.46. The van der Waals surface area contributed by atoms with Gasteiger partial charge in [-0.2, -0.15) is 0 Å². The minimum Gasteiger partial charge on any atom is -0.505 e. The van der Waals surface area contributed by atoms with Gasteiger partial charge in [0, 0.05) is 13.2 Å². The molecule has 0 unspecified atom stereocenters. The summed E-state index contributed by atoms with van der Waals surface area (Å²) in [5.41, 5.74) is 3.04. The molecule has 32 heavy (non-hydrogen) atoms. The van der Waals surface area contributed by atoms with Crippen LogP contribution in [0, 0.1) is 6.92 Å². The third-order valence-electron chi connectivity index (χ3n) is 5.18. The molecular weight excluding hydrogens is 410 g/mol. The van der Waals surface area contributed by atoms with Crippen molar-refractivity contribution in [3.8, 4) is 5.75 Å². The van der Waals surface area contributed by atoms with Crippen LogP contribution in [-0.4, -0.2) is 26.8 Å². The second-order valence-corrected chi connectivity index (χ2v) is 7.59. The number of hydrogen-bond donors (Lipinski definition) is 4. The zero-order chi connectivity index (χ0) is 23.3. The van der Waals surface area contributed by atoms with Crippen LogP contribution in [0.15, 0.2) is 65.6 Å². The van der Waals surface area contributed by atoms with Crippen LogP contribution >= 0.6 is 0 Å². The standard InChI is InChI=1S/C24H25N3O5/c1-15-6-3-4-8-17(15)12-16-7-5-9-18(13-16)19(14-21(29)30)25-24(32)26-22-20(28)10-11-27(2)23(22)31/h3-11,13,19,28H,12,14H2,1-2H3,(H,29,30)(H2,25,26,32)/t19-/m0/s1. The summed E-state index contributed by atoms with van der Waals surface area (Å²) < 4.78 is 1.21. The molecule has 166 valence electrons. The molecule has 4 N–H and O–H groups in total. The lowest BCUT2D eigenvalue weighted by molar-refractivity contribution is -0.137. The van der Waals surface area contributed by atoms with E-state index in [9.17, 15) is 24.6 Å². The number of carbonyl (C=O) groups excluding carboxylic acids is 1. The molecule has 0 saturated heterocycles. The monoisotopic (exact) mass is 435 g/mol. The first-order valence-electron chi connectivity index (χ1n) is 10.1. The quantitative estimate of drug-likeness (QED) is 0.454. The van der Waals surface area contributed by atoms with Gasteiger partial charge in [-0.05, 0) is 41.7 Å². The maximum Gasteiger partial charge on any atom is 0.319 e. The van der Waals surface area contributed by atoms with Gasteiger partial charge in [-0.15, -0.1) is 0 Å². The Morgan fingerprint density at radius 1 is 1.09 bits per heavy atom. The summed E-state index contributed by atoms with van der Waals surface area (Å²) in [6, 6.07) is 15.0. The number of urea groups is 1. The lowest BCUT2D eigenvalue weighted by Gasteiger charge is -2.19. The van der Waals surface area contributed by atoms with Gasteiger partial charge < -0.3 is 25.4 Å². The Morgan fingerprint density at radius 2 is 1.84 bits per heavy atom. The first-order valence-corrected chi connectivity index (χ1v) is 10.1. The van der Waals surface area contributed by atoms with Crippen LogP contribution in [0.2, 0.25) is 0 Å². The molecule has 2 amide bonds. The maximum absolute atomic E-state index is 12.5. The van der Waals surface area contributed by atoms with Crippen molar-refractivity contribution in [3.63, 3.8) is 0 Å². The van der Waals surface area contributed by atoms with E-state index >= 15 is 0 Å². The number of carbonyl (C=O) groups is 2. The summed E-state index contributed by atoms with van der Waals surface area (Å²) in [6.45, 7) is 2.03. The van der Waals surface area contributed by atoms with Crippen molar-refractivity contribution in [2.75, 3.05) is 5.32 Å². The minimum atomic E-state index is -1.09. The molecule has 1 atom stereocenters. The lowest BCUT2D eigenvalue weighted by Crippen LogP contribution is -2.36. The van der Waals surface area contributed by atoms with E-state index in [4.69, 9.17) is 0 Å². The average molecular weight is 435 g/mol. The highest BCUT2D eigenvalue weighted by Crippen LogP contribution is 2.22. The molecule has 0 aliphatic heterocycles. The first-order chi connectivity index (χ1) is 15.2. The third kappa shape index (κ3) is 5.54. The van der Waals surface area contributed by atoms with E-state index in [2.05, 4.69) is 10.6 Å². The van der Waals surface area contributed by atoms with Gasteiger partial charge in [0.25, 0.3) is 5.56 Å². The van der Waals surface area contributed by atoms with Gasteiger partial charge in [0.1, 0.15) is 5.75 Å². The number of aliphatic carboxylic acids is 1. The van der Waals surface area contributed by atoms with Gasteiger partial charge in [-0.1, -0.05) is 48.5 Å². The predicted octanol–water partition coefficient (Wildman–Crippen LogP) is 3.33. The SMILES string of the molecule is Cc1ccccc1Cc1cccc([C@H](CC(=O)O)NC(=O)Nc2c(O)ccn(C)c2=O)c1. The van der Waals surface area contributed by atoms with Crippen LogP contribution in [0.1, 0.15) is 34.7 Å². The van der Waals surface area contributed by atoms with Crippen LogP contribution in [0.4, 0.5) is 10.5 Å². The average Bonchev–Trinajstić information content (AvgIpc) is 2.75. The fourth-order valence-corrected chi connectivity index (χ4v) is 3.42. The lowest BCUT2D eigenvalue weighted by atomic mass is 9.96. The highest BCUT2D eigenvalue weighted by molar-refractivity contribution is 5.91. The normalized spacial score (nSPS) is 11.6. The van der Waals surface area contributed by atoms with Crippen LogP contribution in [-0.2, 0) is 18.3 Å². The van der Waals surface area contributed by atoms with Gasteiger partial charge in [0.15, 0.2) is 5.69 Å². The number of aromatic hydroxyl groups is 1. The molecule has 0 spiro atoms. The molecule has 3 rings (SSSR count). The Labute approximate surface area is 185 Å². The number of aromatic nitrogens is 1. The molecule has 2 aromatic carbocycles. The van der Waals surface area contributed by atoms with E-state index in [1.165, 1.54) is 23.9 Å². The van der Waals surface area contributed by atoms with Crippen molar-refractivity contribution in [1.29, 1.82) is 0 Å². The topological polar surface area (TPSA) is 121 Å². The molecule has 8 heteroatoms. The summed E-state index contributed by atoms with van der Waals surface area (Å²) in [6.07, 6.45) is 1.69. The zero-order valence-electron chi connectivity index (χ0n) is 17.8. The fourth-order valence-electron chi connectivity index (χ4n) is 3.42. The van der Waals surface area contributed by atoms with Gasteiger partial charge in [-0.3, -0.25) is 9.59 Å². The molecule has 1 aromatic heterocycles. The van der Waals surface area contributed by atoms with Gasteiger partial charge in [-0.25, -0.2) is 4.79 Å².